The van der Waals surface area contributed by atoms with Gasteiger partial charge in [0.2, 0.25) is 11.8 Å². The molecule has 2 aromatic carbocycles. The third-order valence-corrected chi connectivity index (χ3v) is 7.17. The van der Waals surface area contributed by atoms with E-state index < -0.39 is 17.5 Å². The van der Waals surface area contributed by atoms with Gasteiger partial charge in [0.25, 0.3) is 0 Å². The van der Waals surface area contributed by atoms with Crippen LogP contribution in [0, 0.1) is 5.41 Å². The first-order valence-corrected chi connectivity index (χ1v) is 12.2. The number of hydrogen-bond donors (Lipinski definition) is 0. The van der Waals surface area contributed by atoms with Crippen LogP contribution in [-0.4, -0.2) is 72.0 Å². The first-order valence-electron chi connectivity index (χ1n) is 12.2. The van der Waals surface area contributed by atoms with Crippen LogP contribution in [0.25, 0.3) is 0 Å². The SMILES string of the molecule is O=C(CCCc1ccccc1)N1CCN(C(=O)C2(C(F)(F)F)CCN(Cc3ccccc3)C2)CC1. The van der Waals surface area contributed by atoms with Gasteiger partial charge in [0, 0.05) is 45.7 Å². The molecule has 2 amide bonds. The molecule has 2 heterocycles. The fourth-order valence-corrected chi connectivity index (χ4v) is 5.10. The van der Waals surface area contributed by atoms with Crippen molar-refractivity contribution in [2.75, 3.05) is 39.3 Å². The number of likely N-dealkylation sites (tertiary alicyclic amines) is 1. The number of benzene rings is 2. The molecule has 8 heteroatoms. The summed E-state index contributed by atoms with van der Waals surface area (Å²) >= 11 is 0. The van der Waals surface area contributed by atoms with Crippen molar-refractivity contribution in [2.45, 2.75) is 38.4 Å². The second-order valence-corrected chi connectivity index (χ2v) is 9.54. The fourth-order valence-electron chi connectivity index (χ4n) is 5.10. The summed E-state index contributed by atoms with van der Waals surface area (Å²) in [7, 11) is 0. The average molecular weight is 488 g/mol. The highest BCUT2D eigenvalue weighted by molar-refractivity contribution is 5.85. The van der Waals surface area contributed by atoms with Crippen LogP contribution < -0.4 is 0 Å². The van der Waals surface area contributed by atoms with Gasteiger partial charge in [-0.2, -0.15) is 13.2 Å². The Labute approximate surface area is 204 Å². The van der Waals surface area contributed by atoms with Crippen LogP contribution in [0.15, 0.2) is 60.7 Å². The van der Waals surface area contributed by atoms with E-state index in [0.717, 1.165) is 18.4 Å². The van der Waals surface area contributed by atoms with Crippen molar-refractivity contribution in [2.24, 2.45) is 5.41 Å². The van der Waals surface area contributed by atoms with Crippen molar-refractivity contribution in [1.82, 2.24) is 14.7 Å². The maximum absolute atomic E-state index is 14.3. The number of rotatable bonds is 7. The Morgan fingerprint density at radius 1 is 0.800 bits per heavy atom. The highest BCUT2D eigenvalue weighted by Crippen LogP contribution is 2.47. The van der Waals surface area contributed by atoms with Crippen LogP contribution in [0.1, 0.15) is 30.4 Å². The summed E-state index contributed by atoms with van der Waals surface area (Å²) in [6, 6.07) is 19.3. The Morgan fingerprint density at radius 3 is 1.97 bits per heavy atom. The summed E-state index contributed by atoms with van der Waals surface area (Å²) in [5.41, 5.74) is -0.285. The zero-order valence-corrected chi connectivity index (χ0v) is 19.8. The van der Waals surface area contributed by atoms with Gasteiger partial charge in [-0.05, 0) is 36.9 Å². The minimum Gasteiger partial charge on any atom is -0.339 e. The third-order valence-electron chi connectivity index (χ3n) is 7.17. The largest absolute Gasteiger partial charge is 0.404 e. The van der Waals surface area contributed by atoms with Gasteiger partial charge in [-0.25, -0.2) is 0 Å². The van der Waals surface area contributed by atoms with Crippen LogP contribution in [0.5, 0.6) is 0 Å². The van der Waals surface area contributed by atoms with E-state index in [1.54, 1.807) is 9.80 Å². The lowest BCUT2D eigenvalue weighted by Gasteiger charge is -2.40. The number of nitrogens with zero attached hydrogens (tertiary/aromatic N) is 3. The molecule has 0 saturated carbocycles. The molecule has 4 rings (SSSR count). The van der Waals surface area contributed by atoms with Crippen LogP contribution >= 0.6 is 0 Å². The third kappa shape index (κ3) is 5.86. The van der Waals surface area contributed by atoms with Crippen molar-refractivity contribution in [3.05, 3.63) is 71.8 Å². The average Bonchev–Trinajstić information content (AvgIpc) is 3.30. The Bertz CT molecular complexity index is 992. The molecule has 0 spiro atoms. The number of carbonyl (C=O) groups is 2. The summed E-state index contributed by atoms with van der Waals surface area (Å²) in [4.78, 5) is 30.5. The smallest absolute Gasteiger partial charge is 0.339 e. The maximum Gasteiger partial charge on any atom is 0.404 e. The van der Waals surface area contributed by atoms with Crippen molar-refractivity contribution in [3.8, 4) is 0 Å². The zero-order chi connectivity index (χ0) is 24.9. The summed E-state index contributed by atoms with van der Waals surface area (Å²) in [6.45, 7) is 1.11. The Morgan fingerprint density at radius 2 is 1.37 bits per heavy atom. The number of piperazine rings is 1. The van der Waals surface area contributed by atoms with Gasteiger partial charge in [0.05, 0.1) is 0 Å². The van der Waals surface area contributed by atoms with Crippen molar-refractivity contribution < 1.29 is 22.8 Å². The predicted octanol–water partition coefficient (Wildman–Crippen LogP) is 4.13. The topological polar surface area (TPSA) is 43.9 Å². The molecule has 5 nitrogen and oxygen atoms in total. The second-order valence-electron chi connectivity index (χ2n) is 9.54. The lowest BCUT2D eigenvalue weighted by molar-refractivity contribution is -0.224. The quantitative estimate of drug-likeness (QED) is 0.590. The van der Waals surface area contributed by atoms with E-state index in [0.29, 0.717) is 13.0 Å². The molecule has 0 aliphatic carbocycles. The minimum atomic E-state index is -4.63. The Kier molecular flexibility index (Phi) is 7.79. The van der Waals surface area contributed by atoms with Crippen molar-refractivity contribution in [3.63, 3.8) is 0 Å². The molecular formula is C27H32F3N3O2. The van der Waals surface area contributed by atoms with E-state index >= 15 is 0 Å². The summed E-state index contributed by atoms with van der Waals surface area (Å²) in [6.07, 6.45) is -2.94. The maximum atomic E-state index is 14.3. The van der Waals surface area contributed by atoms with E-state index in [4.69, 9.17) is 0 Å². The molecule has 188 valence electrons. The highest BCUT2D eigenvalue weighted by atomic mass is 19.4. The monoisotopic (exact) mass is 487 g/mol. The molecule has 0 aromatic heterocycles. The second kappa shape index (κ2) is 10.8. The first kappa shape index (κ1) is 25.2. The Balaban J connectivity index is 1.31. The highest BCUT2D eigenvalue weighted by Gasteiger charge is 2.64. The van der Waals surface area contributed by atoms with E-state index in [1.807, 2.05) is 60.7 Å². The molecule has 2 aliphatic rings. The molecule has 0 bridgehead atoms. The molecule has 2 fully saturated rings. The van der Waals surface area contributed by atoms with Crippen LogP contribution in [0.3, 0.4) is 0 Å². The van der Waals surface area contributed by atoms with Crippen molar-refractivity contribution in [1.29, 1.82) is 0 Å². The number of halogens is 3. The number of carbonyl (C=O) groups excluding carboxylic acids is 2. The van der Waals surface area contributed by atoms with Gasteiger partial charge in [0.15, 0.2) is 5.41 Å². The van der Waals surface area contributed by atoms with Gasteiger partial charge in [-0.15, -0.1) is 0 Å². The van der Waals surface area contributed by atoms with E-state index in [9.17, 15) is 22.8 Å². The van der Waals surface area contributed by atoms with Gasteiger partial charge >= 0.3 is 6.18 Å². The molecule has 0 radical (unpaired) electrons. The molecule has 35 heavy (non-hydrogen) atoms. The Hall–Kier alpha value is -2.87. The molecule has 0 N–H and O–H groups in total. The van der Waals surface area contributed by atoms with E-state index in [-0.39, 0.29) is 51.6 Å². The predicted molar refractivity (Wildman–Crippen MR) is 127 cm³/mol. The van der Waals surface area contributed by atoms with Gasteiger partial charge in [-0.1, -0.05) is 60.7 Å². The number of alkyl halides is 3. The fraction of sp³-hybridized carbons (Fsp3) is 0.481. The van der Waals surface area contributed by atoms with Crippen LogP contribution in [-0.2, 0) is 22.6 Å². The van der Waals surface area contributed by atoms with Gasteiger partial charge in [-0.3, -0.25) is 14.5 Å². The minimum absolute atomic E-state index is 0.00605. The van der Waals surface area contributed by atoms with Gasteiger partial charge < -0.3 is 9.80 Å². The van der Waals surface area contributed by atoms with E-state index in [2.05, 4.69) is 0 Å². The molecule has 1 unspecified atom stereocenters. The summed E-state index contributed by atoms with van der Waals surface area (Å²) < 4.78 is 42.8. The lowest BCUT2D eigenvalue weighted by atomic mass is 9.84. The summed E-state index contributed by atoms with van der Waals surface area (Å²) in [5.74, 6) is -0.856. The lowest BCUT2D eigenvalue weighted by Crippen LogP contribution is -2.58. The molecular weight excluding hydrogens is 455 g/mol. The number of amides is 2. The summed E-state index contributed by atoms with van der Waals surface area (Å²) in [5, 5.41) is 0. The standard InChI is InChI=1S/C27H32F3N3O2/c28-27(29,30)26(14-15-31(21-26)20-23-10-5-2-6-11-23)25(35)33-18-16-32(17-19-33)24(34)13-7-12-22-8-3-1-4-9-22/h1-6,8-11H,7,12-21H2. The molecule has 2 saturated heterocycles. The number of aryl methyl sites for hydroxylation is 1. The van der Waals surface area contributed by atoms with Gasteiger partial charge in [0.1, 0.15) is 0 Å². The first-order chi connectivity index (χ1) is 16.8. The molecule has 2 aromatic rings. The van der Waals surface area contributed by atoms with Crippen LogP contribution in [0.2, 0.25) is 0 Å². The zero-order valence-electron chi connectivity index (χ0n) is 19.8. The van der Waals surface area contributed by atoms with Crippen LogP contribution in [0.4, 0.5) is 13.2 Å². The normalized spacial score (nSPS) is 21.3. The van der Waals surface area contributed by atoms with Crippen molar-refractivity contribution >= 4 is 11.8 Å². The number of hydrogen-bond acceptors (Lipinski definition) is 3. The molecule has 2 aliphatic heterocycles. The molecule has 1 atom stereocenters. The van der Waals surface area contributed by atoms with E-state index in [1.165, 1.54) is 10.5 Å².